The third-order valence-corrected chi connectivity index (χ3v) is 5.01. The molecular weight excluding hydrogens is 348 g/mol. The van der Waals surface area contributed by atoms with Crippen molar-refractivity contribution in [1.82, 2.24) is 5.01 Å². The van der Waals surface area contributed by atoms with Gasteiger partial charge >= 0.3 is 5.97 Å². The summed E-state index contributed by atoms with van der Waals surface area (Å²) in [6.07, 6.45) is 0. The predicted molar refractivity (Wildman–Crippen MR) is 111 cm³/mol. The van der Waals surface area contributed by atoms with Gasteiger partial charge in [-0.05, 0) is 17.7 Å². The van der Waals surface area contributed by atoms with Crippen LogP contribution in [0.5, 0.6) is 0 Å². The van der Waals surface area contributed by atoms with Crippen molar-refractivity contribution < 1.29 is 9.90 Å². The SMILES string of the molecule is CCN1C(c2ccccc2)C(C(=O)O)=C(c2ccccc2)N1c1ccccc1. The minimum absolute atomic E-state index is 0.362. The number of anilines is 1. The standard InChI is InChI=1S/C24H22N2O2/c1-2-25-22(18-12-6-3-7-13-18)21(24(27)28)23(19-14-8-4-9-15-19)26(25)20-16-10-5-11-17-20/h3-17,22H,2H2,1H3,(H,27,28). The molecule has 1 unspecified atom stereocenters. The number of rotatable bonds is 5. The summed E-state index contributed by atoms with van der Waals surface area (Å²) in [4.78, 5) is 12.5. The van der Waals surface area contributed by atoms with Gasteiger partial charge in [-0.2, -0.15) is 0 Å². The molecule has 0 bridgehead atoms. The van der Waals surface area contributed by atoms with E-state index in [0.717, 1.165) is 22.5 Å². The molecule has 1 heterocycles. The number of carboxylic acids is 1. The molecule has 28 heavy (non-hydrogen) atoms. The summed E-state index contributed by atoms with van der Waals surface area (Å²) >= 11 is 0. The Morgan fingerprint density at radius 3 is 1.93 bits per heavy atom. The Balaban J connectivity index is 2.00. The number of para-hydroxylation sites is 1. The van der Waals surface area contributed by atoms with E-state index >= 15 is 0 Å². The maximum Gasteiger partial charge on any atom is 0.335 e. The topological polar surface area (TPSA) is 43.8 Å². The fourth-order valence-electron chi connectivity index (χ4n) is 3.87. The van der Waals surface area contributed by atoms with E-state index in [1.54, 1.807) is 0 Å². The highest BCUT2D eigenvalue weighted by atomic mass is 16.4. The molecule has 0 radical (unpaired) electrons. The van der Waals surface area contributed by atoms with Crippen LogP contribution in [0.25, 0.3) is 5.70 Å². The predicted octanol–water partition coefficient (Wildman–Crippen LogP) is 4.98. The zero-order chi connectivity index (χ0) is 19.5. The zero-order valence-electron chi connectivity index (χ0n) is 15.7. The van der Waals surface area contributed by atoms with Crippen LogP contribution in [0.4, 0.5) is 5.69 Å². The highest BCUT2D eigenvalue weighted by Crippen LogP contribution is 2.46. The van der Waals surface area contributed by atoms with Crippen molar-refractivity contribution in [3.8, 4) is 0 Å². The van der Waals surface area contributed by atoms with E-state index in [-0.39, 0.29) is 6.04 Å². The summed E-state index contributed by atoms with van der Waals surface area (Å²) in [7, 11) is 0. The van der Waals surface area contributed by atoms with E-state index in [2.05, 4.69) is 16.9 Å². The lowest BCUT2D eigenvalue weighted by Gasteiger charge is -2.35. The Morgan fingerprint density at radius 1 is 0.857 bits per heavy atom. The molecule has 0 spiro atoms. The van der Waals surface area contributed by atoms with E-state index in [9.17, 15) is 9.90 Å². The maximum atomic E-state index is 12.5. The summed E-state index contributed by atoms with van der Waals surface area (Å²) in [5.41, 5.74) is 3.91. The van der Waals surface area contributed by atoms with Gasteiger partial charge in [0.2, 0.25) is 0 Å². The molecule has 0 aliphatic carbocycles. The van der Waals surface area contributed by atoms with Crippen LogP contribution in [0.3, 0.4) is 0 Å². The number of hydrogen-bond donors (Lipinski definition) is 1. The second-order valence-corrected chi connectivity index (χ2v) is 6.65. The van der Waals surface area contributed by atoms with Crippen molar-refractivity contribution >= 4 is 17.4 Å². The van der Waals surface area contributed by atoms with Crippen LogP contribution in [-0.4, -0.2) is 22.6 Å². The lowest BCUT2D eigenvalue weighted by molar-refractivity contribution is -0.133. The highest BCUT2D eigenvalue weighted by Gasteiger charge is 2.43. The van der Waals surface area contributed by atoms with Gasteiger partial charge in [0.05, 0.1) is 23.0 Å². The lowest BCUT2D eigenvalue weighted by Crippen LogP contribution is -2.39. The average Bonchev–Trinajstić information content (AvgIpc) is 3.11. The Bertz CT molecular complexity index is 985. The first kappa shape index (κ1) is 18.0. The van der Waals surface area contributed by atoms with E-state index in [1.165, 1.54) is 0 Å². The first-order chi connectivity index (χ1) is 13.7. The molecule has 3 aromatic carbocycles. The molecule has 0 amide bonds. The van der Waals surface area contributed by atoms with Gasteiger partial charge < -0.3 is 5.11 Å². The van der Waals surface area contributed by atoms with Crippen LogP contribution in [0.15, 0.2) is 96.6 Å². The van der Waals surface area contributed by atoms with Gasteiger partial charge in [-0.25, -0.2) is 9.80 Å². The fourth-order valence-corrected chi connectivity index (χ4v) is 3.87. The van der Waals surface area contributed by atoms with Crippen molar-refractivity contribution in [2.24, 2.45) is 0 Å². The van der Waals surface area contributed by atoms with Crippen LogP contribution in [-0.2, 0) is 4.79 Å². The van der Waals surface area contributed by atoms with E-state index in [0.29, 0.717) is 12.1 Å². The summed E-state index contributed by atoms with van der Waals surface area (Å²) in [6, 6.07) is 29.2. The Hall–Kier alpha value is -3.37. The monoisotopic (exact) mass is 370 g/mol. The van der Waals surface area contributed by atoms with Crippen molar-refractivity contribution in [3.63, 3.8) is 0 Å². The van der Waals surface area contributed by atoms with Gasteiger partial charge in [-0.15, -0.1) is 0 Å². The van der Waals surface area contributed by atoms with E-state index < -0.39 is 5.97 Å². The smallest absolute Gasteiger partial charge is 0.335 e. The number of hydrogen-bond acceptors (Lipinski definition) is 3. The van der Waals surface area contributed by atoms with Gasteiger partial charge in [0.1, 0.15) is 0 Å². The quantitative estimate of drug-likeness (QED) is 0.688. The molecule has 1 atom stereocenters. The Labute approximate surface area is 164 Å². The fraction of sp³-hybridized carbons (Fsp3) is 0.125. The van der Waals surface area contributed by atoms with Crippen molar-refractivity contribution in [2.75, 3.05) is 11.6 Å². The molecule has 0 saturated heterocycles. The molecule has 1 aliphatic rings. The average molecular weight is 370 g/mol. The number of nitrogens with zero attached hydrogens (tertiary/aromatic N) is 2. The Morgan fingerprint density at radius 2 is 1.39 bits per heavy atom. The Kier molecular flexibility index (Phi) is 4.96. The third kappa shape index (κ3) is 3.08. The van der Waals surface area contributed by atoms with Gasteiger partial charge in [0.25, 0.3) is 0 Å². The molecule has 140 valence electrons. The minimum atomic E-state index is -0.899. The van der Waals surface area contributed by atoms with Gasteiger partial charge in [-0.1, -0.05) is 85.8 Å². The van der Waals surface area contributed by atoms with Gasteiger partial charge in [-0.3, -0.25) is 5.01 Å². The van der Waals surface area contributed by atoms with Crippen molar-refractivity contribution in [2.45, 2.75) is 13.0 Å². The molecule has 0 saturated carbocycles. The van der Waals surface area contributed by atoms with Gasteiger partial charge in [0, 0.05) is 12.1 Å². The molecule has 3 aromatic rings. The molecular formula is C24H22N2O2. The van der Waals surface area contributed by atoms with E-state index in [4.69, 9.17) is 0 Å². The second kappa shape index (κ2) is 7.71. The normalized spacial score (nSPS) is 17.2. The molecule has 4 nitrogen and oxygen atoms in total. The van der Waals surface area contributed by atoms with Crippen LogP contribution in [0, 0.1) is 0 Å². The number of hydrazine groups is 1. The number of likely N-dealkylation sites (N-methyl/N-ethyl adjacent to an activating group) is 1. The summed E-state index contributed by atoms with van der Waals surface area (Å²) < 4.78 is 0. The molecule has 4 heteroatoms. The molecule has 0 aromatic heterocycles. The maximum absolute atomic E-state index is 12.5. The molecule has 0 fully saturated rings. The first-order valence-electron chi connectivity index (χ1n) is 9.42. The molecule has 1 N–H and O–H groups in total. The lowest BCUT2D eigenvalue weighted by atomic mass is 9.96. The number of aliphatic carboxylic acids is 1. The second-order valence-electron chi connectivity index (χ2n) is 6.65. The van der Waals surface area contributed by atoms with Crippen LogP contribution in [0.1, 0.15) is 24.1 Å². The third-order valence-electron chi connectivity index (χ3n) is 5.01. The number of benzene rings is 3. The van der Waals surface area contributed by atoms with Crippen molar-refractivity contribution in [1.29, 1.82) is 0 Å². The van der Waals surface area contributed by atoms with Crippen LogP contribution >= 0.6 is 0 Å². The summed E-state index contributed by atoms with van der Waals surface area (Å²) in [6.45, 7) is 2.72. The molecule has 1 aliphatic heterocycles. The number of carboxylic acid groups (broad SMARTS) is 1. The van der Waals surface area contributed by atoms with Crippen LogP contribution in [0.2, 0.25) is 0 Å². The minimum Gasteiger partial charge on any atom is -0.478 e. The van der Waals surface area contributed by atoms with E-state index in [1.807, 2.05) is 91.0 Å². The largest absolute Gasteiger partial charge is 0.478 e. The first-order valence-corrected chi connectivity index (χ1v) is 9.42. The molecule has 4 rings (SSSR count). The highest BCUT2D eigenvalue weighted by molar-refractivity contribution is 6.02. The zero-order valence-corrected chi connectivity index (χ0v) is 15.7. The summed E-state index contributed by atoms with van der Waals surface area (Å²) in [5.74, 6) is -0.899. The van der Waals surface area contributed by atoms with Gasteiger partial charge in [0.15, 0.2) is 0 Å². The summed E-state index contributed by atoms with van der Waals surface area (Å²) in [5, 5.41) is 14.4. The van der Waals surface area contributed by atoms with Crippen LogP contribution < -0.4 is 5.01 Å². The van der Waals surface area contributed by atoms with Crippen molar-refractivity contribution in [3.05, 3.63) is 108 Å². The number of carbonyl (C=O) groups is 1.